The Balaban J connectivity index is 1.73. The molecule has 2 amide bonds. The Labute approximate surface area is 201 Å². The molecule has 5 heteroatoms. The molecule has 1 fully saturated rings. The number of carbonyl (C=O) groups is 2. The van der Waals surface area contributed by atoms with Crippen LogP contribution in [0.2, 0.25) is 0 Å². The van der Waals surface area contributed by atoms with Crippen molar-refractivity contribution in [2.75, 3.05) is 7.11 Å². The maximum Gasteiger partial charge on any atom is 0.255 e. The van der Waals surface area contributed by atoms with Gasteiger partial charge in [0.1, 0.15) is 11.8 Å². The molecule has 0 aliphatic heterocycles. The zero-order chi connectivity index (χ0) is 23.8. The van der Waals surface area contributed by atoms with E-state index in [0.717, 1.165) is 36.8 Å². The van der Waals surface area contributed by atoms with Crippen molar-refractivity contribution in [3.63, 3.8) is 0 Å². The zero-order valence-electron chi connectivity index (χ0n) is 19.7. The summed E-state index contributed by atoms with van der Waals surface area (Å²) in [4.78, 5) is 29.3. The topological polar surface area (TPSA) is 58.6 Å². The maximum absolute atomic E-state index is 13.8. The number of nitrogens with zero attached hydrogens (tertiary/aromatic N) is 1. The van der Waals surface area contributed by atoms with Gasteiger partial charge in [0.15, 0.2) is 0 Å². The summed E-state index contributed by atoms with van der Waals surface area (Å²) in [5, 5.41) is 3.25. The summed E-state index contributed by atoms with van der Waals surface area (Å²) in [5.41, 5.74) is 2.28. The highest BCUT2D eigenvalue weighted by atomic mass is 16.5. The van der Waals surface area contributed by atoms with Crippen molar-refractivity contribution < 1.29 is 14.3 Å². The van der Waals surface area contributed by atoms with E-state index in [1.54, 1.807) is 24.1 Å². The minimum atomic E-state index is -0.763. The lowest BCUT2D eigenvalue weighted by Crippen LogP contribution is -2.46. The van der Waals surface area contributed by atoms with Gasteiger partial charge in [-0.3, -0.25) is 9.59 Å². The summed E-state index contributed by atoms with van der Waals surface area (Å²) in [5.74, 6) is 0.389. The third kappa shape index (κ3) is 5.84. The molecule has 1 aliphatic carbocycles. The van der Waals surface area contributed by atoms with Crippen LogP contribution in [0.4, 0.5) is 0 Å². The lowest BCUT2D eigenvalue weighted by molar-refractivity contribution is -0.127. The summed E-state index contributed by atoms with van der Waals surface area (Å²) in [6.45, 7) is 0.323. The van der Waals surface area contributed by atoms with Crippen molar-refractivity contribution in [1.29, 1.82) is 0 Å². The molecule has 0 aromatic heterocycles. The Morgan fingerprint density at radius 3 is 2.12 bits per heavy atom. The lowest BCUT2D eigenvalue weighted by atomic mass is 9.94. The number of carbonyl (C=O) groups excluding carboxylic acids is 2. The summed E-state index contributed by atoms with van der Waals surface area (Å²) >= 11 is 0. The van der Waals surface area contributed by atoms with Crippen molar-refractivity contribution in [2.24, 2.45) is 0 Å². The maximum atomic E-state index is 13.8. The Morgan fingerprint density at radius 2 is 1.50 bits per heavy atom. The quantitative estimate of drug-likeness (QED) is 0.485. The fourth-order valence-corrected chi connectivity index (χ4v) is 4.59. The fraction of sp³-hybridized carbons (Fsp3) is 0.310. The number of amides is 2. The Hall–Kier alpha value is -3.60. The first-order valence-electron chi connectivity index (χ1n) is 12.0. The number of hydrogen-bond acceptors (Lipinski definition) is 3. The first kappa shape index (κ1) is 23.6. The van der Waals surface area contributed by atoms with Crippen LogP contribution >= 0.6 is 0 Å². The van der Waals surface area contributed by atoms with Crippen molar-refractivity contribution in [2.45, 2.75) is 50.7 Å². The Morgan fingerprint density at radius 1 is 0.882 bits per heavy atom. The molecule has 0 radical (unpaired) electrons. The Kier molecular flexibility index (Phi) is 7.97. The summed E-state index contributed by atoms with van der Waals surface area (Å²) in [6.07, 6.45) is 5.41. The number of hydrogen-bond donors (Lipinski definition) is 1. The molecular weight excluding hydrogens is 424 g/mol. The van der Waals surface area contributed by atoms with Crippen LogP contribution in [0, 0.1) is 0 Å². The highest BCUT2D eigenvalue weighted by Gasteiger charge is 2.33. The van der Waals surface area contributed by atoms with E-state index in [1.807, 2.05) is 72.8 Å². The van der Waals surface area contributed by atoms with Gasteiger partial charge in [-0.1, -0.05) is 79.9 Å². The normalized spacial score (nSPS) is 14.7. The number of ether oxygens (including phenoxy) is 1. The van der Waals surface area contributed by atoms with Gasteiger partial charge < -0.3 is 15.0 Å². The molecule has 34 heavy (non-hydrogen) atoms. The van der Waals surface area contributed by atoms with Gasteiger partial charge in [-0.05, 0) is 48.2 Å². The molecule has 3 aromatic carbocycles. The molecular formula is C29H32N2O3. The van der Waals surface area contributed by atoms with E-state index in [1.165, 1.54) is 6.42 Å². The van der Waals surface area contributed by atoms with Crippen LogP contribution in [0.3, 0.4) is 0 Å². The number of methoxy groups -OCH3 is 1. The Bertz CT molecular complexity index is 1060. The van der Waals surface area contributed by atoms with Crippen LogP contribution in [-0.4, -0.2) is 29.9 Å². The van der Waals surface area contributed by atoms with Crippen molar-refractivity contribution >= 4 is 11.8 Å². The molecule has 0 saturated heterocycles. The second-order valence-electron chi connectivity index (χ2n) is 8.80. The van der Waals surface area contributed by atoms with Gasteiger partial charge in [0.05, 0.1) is 7.11 Å². The lowest BCUT2D eigenvalue weighted by Gasteiger charge is -2.33. The van der Waals surface area contributed by atoms with Crippen LogP contribution < -0.4 is 10.1 Å². The van der Waals surface area contributed by atoms with Crippen molar-refractivity contribution in [3.8, 4) is 5.75 Å². The van der Waals surface area contributed by atoms with E-state index in [9.17, 15) is 9.59 Å². The standard InChI is InChI=1S/C29H32N2O3/c1-34-26-19-17-23(18-20-26)27(28(32)30-25-15-9-4-10-16-25)31(21-22-11-5-2-6-12-22)29(33)24-13-7-3-8-14-24/h2-3,5-8,11-14,17-20,25,27H,4,9-10,15-16,21H2,1H3,(H,30,32). The van der Waals surface area contributed by atoms with Gasteiger partial charge in [0, 0.05) is 18.2 Å². The average molecular weight is 457 g/mol. The smallest absolute Gasteiger partial charge is 0.255 e. The second kappa shape index (κ2) is 11.5. The number of benzene rings is 3. The van der Waals surface area contributed by atoms with Gasteiger partial charge in [0.2, 0.25) is 5.91 Å². The molecule has 5 nitrogen and oxygen atoms in total. The van der Waals surface area contributed by atoms with E-state index >= 15 is 0 Å². The highest BCUT2D eigenvalue weighted by molar-refractivity contribution is 5.98. The monoisotopic (exact) mass is 456 g/mol. The molecule has 1 saturated carbocycles. The van der Waals surface area contributed by atoms with Crippen LogP contribution in [0.5, 0.6) is 5.75 Å². The van der Waals surface area contributed by atoms with Gasteiger partial charge in [-0.15, -0.1) is 0 Å². The molecule has 1 unspecified atom stereocenters. The first-order chi connectivity index (χ1) is 16.7. The summed E-state index contributed by atoms with van der Waals surface area (Å²) in [6, 6.07) is 25.8. The average Bonchev–Trinajstić information content (AvgIpc) is 2.90. The minimum absolute atomic E-state index is 0.141. The first-order valence-corrected chi connectivity index (χ1v) is 12.0. The predicted molar refractivity (Wildman–Crippen MR) is 134 cm³/mol. The van der Waals surface area contributed by atoms with Gasteiger partial charge >= 0.3 is 0 Å². The third-order valence-corrected chi connectivity index (χ3v) is 6.42. The summed E-state index contributed by atoms with van der Waals surface area (Å²) < 4.78 is 5.32. The molecule has 1 N–H and O–H groups in total. The molecule has 176 valence electrons. The van der Waals surface area contributed by atoms with E-state index < -0.39 is 6.04 Å². The predicted octanol–water partition coefficient (Wildman–Crippen LogP) is 5.53. The molecule has 0 heterocycles. The van der Waals surface area contributed by atoms with Crippen molar-refractivity contribution in [3.05, 3.63) is 102 Å². The molecule has 0 bridgehead atoms. The number of nitrogens with one attached hydrogen (secondary N) is 1. The van der Waals surface area contributed by atoms with E-state index in [4.69, 9.17) is 4.74 Å². The molecule has 4 rings (SSSR count). The van der Waals surface area contributed by atoms with Gasteiger partial charge in [-0.25, -0.2) is 0 Å². The zero-order valence-corrected chi connectivity index (χ0v) is 19.7. The molecule has 0 spiro atoms. The van der Waals surface area contributed by atoms with Crippen LogP contribution in [0.25, 0.3) is 0 Å². The van der Waals surface area contributed by atoms with Crippen LogP contribution in [0.15, 0.2) is 84.9 Å². The SMILES string of the molecule is COc1ccc(C(C(=O)NC2CCCCC2)N(Cc2ccccc2)C(=O)c2ccccc2)cc1. The van der Waals surface area contributed by atoms with Crippen LogP contribution in [-0.2, 0) is 11.3 Å². The van der Waals surface area contributed by atoms with Crippen LogP contribution in [0.1, 0.15) is 59.6 Å². The largest absolute Gasteiger partial charge is 0.497 e. The molecule has 3 aromatic rings. The van der Waals surface area contributed by atoms with E-state index in [2.05, 4.69) is 5.32 Å². The van der Waals surface area contributed by atoms with E-state index in [-0.39, 0.29) is 17.9 Å². The van der Waals surface area contributed by atoms with Crippen molar-refractivity contribution in [1.82, 2.24) is 10.2 Å². The number of rotatable bonds is 8. The van der Waals surface area contributed by atoms with E-state index in [0.29, 0.717) is 17.9 Å². The van der Waals surface area contributed by atoms with Gasteiger partial charge in [-0.2, -0.15) is 0 Å². The second-order valence-corrected chi connectivity index (χ2v) is 8.80. The highest BCUT2D eigenvalue weighted by Crippen LogP contribution is 2.28. The molecule has 1 aliphatic rings. The third-order valence-electron chi connectivity index (χ3n) is 6.42. The minimum Gasteiger partial charge on any atom is -0.497 e. The summed E-state index contributed by atoms with van der Waals surface area (Å²) in [7, 11) is 1.61. The fourth-order valence-electron chi connectivity index (χ4n) is 4.59. The van der Waals surface area contributed by atoms with Gasteiger partial charge in [0.25, 0.3) is 5.91 Å². The molecule has 1 atom stereocenters.